The number of likely N-dealkylation sites (tertiary alicyclic amines) is 1. The highest BCUT2D eigenvalue weighted by Crippen LogP contribution is 2.24. The molecule has 96 valence electrons. The van der Waals surface area contributed by atoms with E-state index in [1.54, 1.807) is 0 Å². The highest BCUT2D eigenvalue weighted by molar-refractivity contribution is 4.80. The van der Waals surface area contributed by atoms with Gasteiger partial charge >= 0.3 is 0 Å². The van der Waals surface area contributed by atoms with Gasteiger partial charge in [0, 0.05) is 19.1 Å². The van der Waals surface area contributed by atoms with Crippen LogP contribution in [0.5, 0.6) is 0 Å². The fourth-order valence-electron chi connectivity index (χ4n) is 2.67. The average molecular weight is 226 g/mol. The summed E-state index contributed by atoms with van der Waals surface area (Å²) in [6.45, 7) is 15.3. The van der Waals surface area contributed by atoms with E-state index in [1.165, 1.54) is 19.6 Å². The van der Waals surface area contributed by atoms with E-state index < -0.39 is 0 Å². The normalized spacial score (nSPS) is 29.6. The lowest BCUT2D eigenvalue weighted by Gasteiger charge is -2.25. The molecule has 2 heteroatoms. The lowest BCUT2D eigenvalue weighted by molar-refractivity contribution is 0.276. The van der Waals surface area contributed by atoms with Crippen molar-refractivity contribution in [1.82, 2.24) is 4.90 Å². The molecular weight excluding hydrogens is 196 g/mol. The number of rotatable bonds is 4. The van der Waals surface area contributed by atoms with Crippen LogP contribution in [0.4, 0.5) is 0 Å². The highest BCUT2D eigenvalue weighted by Gasteiger charge is 2.26. The summed E-state index contributed by atoms with van der Waals surface area (Å²) in [5.74, 6) is 1.72. The minimum atomic E-state index is 0.366. The molecule has 0 amide bonds. The fraction of sp³-hybridized carbons (Fsp3) is 1.00. The molecule has 3 unspecified atom stereocenters. The summed E-state index contributed by atoms with van der Waals surface area (Å²) >= 11 is 0. The molecule has 1 saturated heterocycles. The summed E-state index contributed by atoms with van der Waals surface area (Å²) in [4.78, 5) is 2.58. The minimum Gasteiger partial charge on any atom is -0.328 e. The van der Waals surface area contributed by atoms with Crippen LogP contribution >= 0.6 is 0 Å². The van der Waals surface area contributed by atoms with E-state index in [9.17, 15) is 0 Å². The summed E-state index contributed by atoms with van der Waals surface area (Å²) in [6, 6.07) is 0.367. The Hall–Kier alpha value is -0.0800. The van der Waals surface area contributed by atoms with E-state index in [0.29, 0.717) is 11.5 Å². The SMILES string of the molecule is CC1CN(CCC(N)CC(C)(C)C)CC1C. The van der Waals surface area contributed by atoms with Crippen LogP contribution in [0.1, 0.15) is 47.5 Å². The number of nitrogens with zero attached hydrogens (tertiary/aromatic N) is 1. The van der Waals surface area contributed by atoms with Gasteiger partial charge in [-0.15, -0.1) is 0 Å². The van der Waals surface area contributed by atoms with Crippen molar-refractivity contribution >= 4 is 0 Å². The molecule has 1 aliphatic heterocycles. The van der Waals surface area contributed by atoms with Gasteiger partial charge in [-0.05, 0) is 36.6 Å². The summed E-state index contributed by atoms with van der Waals surface area (Å²) in [6.07, 6.45) is 2.28. The largest absolute Gasteiger partial charge is 0.328 e. The Labute approximate surface area is 102 Å². The van der Waals surface area contributed by atoms with Gasteiger partial charge in [-0.3, -0.25) is 0 Å². The molecule has 0 aromatic rings. The molecule has 1 aliphatic rings. The predicted molar refractivity (Wildman–Crippen MR) is 71.4 cm³/mol. The molecule has 1 fully saturated rings. The lowest BCUT2D eigenvalue weighted by Crippen LogP contribution is -2.32. The predicted octanol–water partition coefficient (Wildman–Crippen LogP) is 2.73. The molecule has 0 aliphatic carbocycles. The molecule has 0 bridgehead atoms. The Bertz CT molecular complexity index is 197. The Morgan fingerprint density at radius 3 is 2.12 bits per heavy atom. The quantitative estimate of drug-likeness (QED) is 0.798. The summed E-state index contributed by atoms with van der Waals surface area (Å²) in [5.41, 5.74) is 6.55. The van der Waals surface area contributed by atoms with Crippen molar-refractivity contribution in [3.05, 3.63) is 0 Å². The van der Waals surface area contributed by atoms with Crippen molar-refractivity contribution in [1.29, 1.82) is 0 Å². The van der Waals surface area contributed by atoms with Crippen molar-refractivity contribution in [2.24, 2.45) is 23.0 Å². The molecule has 0 saturated carbocycles. The maximum atomic E-state index is 6.18. The molecule has 16 heavy (non-hydrogen) atoms. The summed E-state index contributed by atoms with van der Waals surface area (Å²) < 4.78 is 0. The van der Waals surface area contributed by atoms with E-state index in [2.05, 4.69) is 39.5 Å². The van der Waals surface area contributed by atoms with Crippen molar-refractivity contribution in [3.8, 4) is 0 Å². The van der Waals surface area contributed by atoms with Crippen LogP contribution in [0, 0.1) is 17.3 Å². The third-order valence-corrected chi connectivity index (χ3v) is 3.75. The second kappa shape index (κ2) is 5.50. The van der Waals surface area contributed by atoms with Gasteiger partial charge in [0.2, 0.25) is 0 Å². The second-order valence-electron chi connectivity index (χ2n) is 7.03. The topological polar surface area (TPSA) is 29.3 Å². The minimum absolute atomic E-state index is 0.366. The standard InChI is InChI=1S/C14H30N2/c1-11-9-16(10-12(11)2)7-6-13(15)8-14(3,4)5/h11-13H,6-10,15H2,1-5H3. The molecule has 2 N–H and O–H groups in total. The van der Waals surface area contributed by atoms with Crippen LogP contribution in [-0.2, 0) is 0 Å². The Kier molecular flexibility index (Phi) is 4.81. The molecular formula is C14H30N2. The zero-order valence-electron chi connectivity index (χ0n) is 11.8. The molecule has 0 aromatic carbocycles. The van der Waals surface area contributed by atoms with Crippen molar-refractivity contribution < 1.29 is 0 Å². The molecule has 0 spiro atoms. The first kappa shape index (κ1) is 14.0. The number of hydrogen-bond donors (Lipinski definition) is 1. The monoisotopic (exact) mass is 226 g/mol. The van der Waals surface area contributed by atoms with E-state index in [4.69, 9.17) is 5.73 Å². The van der Waals surface area contributed by atoms with E-state index in [0.717, 1.165) is 24.7 Å². The maximum absolute atomic E-state index is 6.18. The molecule has 1 heterocycles. The van der Waals surface area contributed by atoms with Gasteiger partial charge < -0.3 is 10.6 Å². The fourth-order valence-corrected chi connectivity index (χ4v) is 2.67. The number of nitrogens with two attached hydrogens (primary N) is 1. The molecule has 2 nitrogen and oxygen atoms in total. The first-order valence-corrected chi connectivity index (χ1v) is 6.76. The third kappa shape index (κ3) is 4.84. The van der Waals surface area contributed by atoms with Crippen LogP contribution < -0.4 is 5.73 Å². The highest BCUT2D eigenvalue weighted by atomic mass is 15.1. The average Bonchev–Trinajstić information content (AvgIpc) is 2.40. The van der Waals surface area contributed by atoms with Crippen LogP contribution in [0.25, 0.3) is 0 Å². The number of hydrogen-bond acceptors (Lipinski definition) is 2. The Morgan fingerprint density at radius 2 is 1.69 bits per heavy atom. The molecule has 1 rings (SSSR count). The smallest absolute Gasteiger partial charge is 0.00559 e. The van der Waals surface area contributed by atoms with Gasteiger partial charge in [-0.2, -0.15) is 0 Å². The summed E-state index contributed by atoms with van der Waals surface area (Å²) in [5, 5.41) is 0. The van der Waals surface area contributed by atoms with Gasteiger partial charge in [-0.1, -0.05) is 34.6 Å². The van der Waals surface area contributed by atoms with Crippen molar-refractivity contribution in [3.63, 3.8) is 0 Å². The van der Waals surface area contributed by atoms with Gasteiger partial charge in [0.1, 0.15) is 0 Å². The molecule has 3 atom stereocenters. The van der Waals surface area contributed by atoms with E-state index in [-0.39, 0.29) is 0 Å². The van der Waals surface area contributed by atoms with Crippen molar-refractivity contribution in [2.45, 2.75) is 53.5 Å². The van der Waals surface area contributed by atoms with Crippen LogP contribution in [0.3, 0.4) is 0 Å². The Morgan fingerprint density at radius 1 is 1.19 bits per heavy atom. The van der Waals surface area contributed by atoms with E-state index in [1.807, 2.05) is 0 Å². The van der Waals surface area contributed by atoms with Crippen LogP contribution in [0.2, 0.25) is 0 Å². The maximum Gasteiger partial charge on any atom is 0.00559 e. The van der Waals surface area contributed by atoms with Gasteiger partial charge in [0.25, 0.3) is 0 Å². The van der Waals surface area contributed by atoms with E-state index >= 15 is 0 Å². The molecule has 0 aromatic heterocycles. The summed E-state index contributed by atoms with van der Waals surface area (Å²) in [7, 11) is 0. The van der Waals surface area contributed by atoms with Crippen LogP contribution in [-0.4, -0.2) is 30.6 Å². The zero-order chi connectivity index (χ0) is 12.3. The molecule has 0 radical (unpaired) electrons. The lowest BCUT2D eigenvalue weighted by atomic mass is 9.87. The van der Waals surface area contributed by atoms with Gasteiger partial charge in [0.05, 0.1) is 0 Å². The Balaban J connectivity index is 2.20. The first-order chi connectivity index (χ1) is 7.28. The third-order valence-electron chi connectivity index (χ3n) is 3.75. The second-order valence-corrected chi connectivity index (χ2v) is 7.03. The van der Waals surface area contributed by atoms with Crippen LogP contribution in [0.15, 0.2) is 0 Å². The first-order valence-electron chi connectivity index (χ1n) is 6.76. The van der Waals surface area contributed by atoms with Gasteiger partial charge in [-0.25, -0.2) is 0 Å². The zero-order valence-corrected chi connectivity index (χ0v) is 11.8. The van der Waals surface area contributed by atoms with Crippen molar-refractivity contribution in [2.75, 3.05) is 19.6 Å². The van der Waals surface area contributed by atoms with Gasteiger partial charge in [0.15, 0.2) is 0 Å².